The number of hydrogen-bond donors (Lipinski definition) is 3. The second-order valence-corrected chi connectivity index (χ2v) is 11.9. The third-order valence-corrected chi connectivity index (χ3v) is 4.50. The Bertz CT molecular complexity index is 718. The molecule has 3 N–H and O–H groups in total. The summed E-state index contributed by atoms with van der Waals surface area (Å²) in [6.45, 7) is 1.25. The molecular weight excluding hydrogens is 378 g/mol. The Hall–Kier alpha value is -0.250. The Labute approximate surface area is 139 Å². The molecule has 0 bridgehead atoms. The number of rotatable bonds is 4. The molecule has 0 amide bonds. The van der Waals surface area contributed by atoms with E-state index >= 15 is 0 Å². The number of nitrogens with zero attached hydrogens (tertiary/aromatic N) is 1. The second-order valence-electron chi connectivity index (χ2n) is 4.74. The highest BCUT2D eigenvalue weighted by atomic mass is 35.9. The molecule has 12 heteroatoms. The Morgan fingerprint density at radius 3 is 2.68 bits per heavy atom. The largest absolute Gasteiger partial charge is 0.387 e. The molecule has 4 atom stereocenters. The van der Waals surface area contributed by atoms with E-state index in [1.807, 2.05) is 0 Å². The lowest BCUT2D eigenvalue weighted by atomic mass is 10.1. The Balaban J connectivity index is 2.23. The van der Waals surface area contributed by atoms with Crippen molar-refractivity contribution in [2.75, 3.05) is 6.61 Å². The summed E-state index contributed by atoms with van der Waals surface area (Å²) in [7, 11) is 0. The quantitative estimate of drug-likeness (QED) is 0.628. The summed E-state index contributed by atoms with van der Waals surface area (Å²) in [5.74, 6) is 0. The standard InChI is InChI=1S/C10H13Cl2N2O6PS/c1-4-2-14(10(18)13-8(4)17)9-7(16)6(15)5(20-9)3-19-21(11,12)22/h2,5-7,9,15-16H,3H2,1H3,(H,13,17,18)/t5-,6?,7+,9-/m1/s1. The first-order chi connectivity index (χ1) is 10.1. The first-order valence-electron chi connectivity index (χ1n) is 6.07. The predicted octanol–water partition coefficient (Wildman–Crippen LogP) is 0.183. The molecular formula is C10H13Cl2N2O6PS. The molecule has 1 aliphatic rings. The van der Waals surface area contributed by atoms with E-state index in [4.69, 9.17) is 31.7 Å². The van der Waals surface area contributed by atoms with Crippen molar-refractivity contribution in [2.24, 2.45) is 0 Å². The molecule has 1 aliphatic heterocycles. The predicted molar refractivity (Wildman–Crippen MR) is 83.9 cm³/mol. The number of hydrogen-bond acceptors (Lipinski definition) is 7. The van der Waals surface area contributed by atoms with E-state index in [0.29, 0.717) is 0 Å². The first-order valence-corrected chi connectivity index (χ1v) is 10.6. The molecule has 8 nitrogen and oxygen atoms in total. The van der Waals surface area contributed by atoms with Gasteiger partial charge in [-0.15, -0.1) is 0 Å². The Kier molecular flexibility index (Phi) is 5.51. The van der Waals surface area contributed by atoms with Gasteiger partial charge < -0.3 is 19.5 Å². The molecule has 2 heterocycles. The summed E-state index contributed by atoms with van der Waals surface area (Å²) in [5, 5.41) is 20.0. The lowest BCUT2D eigenvalue weighted by molar-refractivity contribution is -0.0502. The fourth-order valence-electron chi connectivity index (χ4n) is 2.03. The van der Waals surface area contributed by atoms with Gasteiger partial charge in [0.05, 0.1) is 6.61 Å². The lowest BCUT2D eigenvalue weighted by Gasteiger charge is -2.17. The van der Waals surface area contributed by atoms with E-state index in [2.05, 4.69) is 16.8 Å². The number of aliphatic hydroxyl groups excluding tert-OH is 2. The SMILES string of the molecule is Cc1cn([C@@H]2O[C@H](COP(=S)(Cl)Cl)C(O)[C@@H]2O)c(=O)[nH]c1=O. The van der Waals surface area contributed by atoms with Crippen molar-refractivity contribution in [1.29, 1.82) is 0 Å². The third-order valence-electron chi connectivity index (χ3n) is 3.15. The summed E-state index contributed by atoms with van der Waals surface area (Å²) in [6, 6.07) is 0. The van der Waals surface area contributed by atoms with Crippen molar-refractivity contribution in [3.05, 3.63) is 32.6 Å². The van der Waals surface area contributed by atoms with Gasteiger partial charge in [0.25, 0.3) is 5.56 Å². The minimum absolute atomic E-state index is 0.240. The van der Waals surface area contributed by atoms with Crippen molar-refractivity contribution in [2.45, 2.75) is 31.5 Å². The van der Waals surface area contributed by atoms with Crippen LogP contribution in [-0.2, 0) is 21.1 Å². The maximum atomic E-state index is 11.8. The van der Waals surface area contributed by atoms with Crippen molar-refractivity contribution >= 4 is 39.3 Å². The highest BCUT2D eigenvalue weighted by Crippen LogP contribution is 2.58. The van der Waals surface area contributed by atoms with Crippen LogP contribution >= 0.6 is 27.5 Å². The summed E-state index contributed by atoms with van der Waals surface area (Å²) < 4.78 is 11.4. The van der Waals surface area contributed by atoms with Gasteiger partial charge in [-0.05, 0) is 41.2 Å². The average Bonchev–Trinajstić information content (AvgIpc) is 2.68. The van der Waals surface area contributed by atoms with Gasteiger partial charge >= 0.3 is 5.69 Å². The van der Waals surface area contributed by atoms with Crippen LogP contribution in [0, 0.1) is 6.92 Å². The van der Waals surface area contributed by atoms with Gasteiger partial charge in [-0.1, -0.05) is 0 Å². The van der Waals surface area contributed by atoms with Crippen LogP contribution in [0.1, 0.15) is 11.8 Å². The fraction of sp³-hybridized carbons (Fsp3) is 0.600. The molecule has 0 spiro atoms. The number of aliphatic hydroxyl groups is 2. The molecule has 1 saturated heterocycles. The van der Waals surface area contributed by atoms with E-state index in [0.717, 1.165) is 4.57 Å². The minimum atomic E-state index is -2.99. The van der Waals surface area contributed by atoms with Gasteiger partial charge in [-0.25, -0.2) is 4.79 Å². The molecule has 2 rings (SSSR count). The summed E-state index contributed by atoms with van der Waals surface area (Å²) in [6.07, 6.45) is -3.66. The van der Waals surface area contributed by atoms with E-state index in [1.165, 1.54) is 13.1 Å². The van der Waals surface area contributed by atoms with E-state index < -0.39 is 40.8 Å². The first kappa shape index (κ1) is 18.1. The number of H-pyrrole nitrogens is 1. The molecule has 1 fully saturated rings. The van der Waals surface area contributed by atoms with Crippen LogP contribution in [0.5, 0.6) is 0 Å². The number of aryl methyl sites for hydroxylation is 1. The molecule has 0 radical (unpaired) electrons. The molecule has 1 aromatic heterocycles. The summed E-state index contributed by atoms with van der Waals surface area (Å²) in [4.78, 5) is 22.3. The van der Waals surface area contributed by atoms with Crippen molar-refractivity contribution in [3.63, 3.8) is 0 Å². The molecule has 0 aliphatic carbocycles. The topological polar surface area (TPSA) is 114 Å². The van der Waals surface area contributed by atoms with Crippen LogP contribution in [0.15, 0.2) is 15.8 Å². The van der Waals surface area contributed by atoms with Gasteiger partial charge in [-0.3, -0.25) is 14.3 Å². The van der Waals surface area contributed by atoms with Gasteiger partial charge in [0.1, 0.15) is 18.3 Å². The smallest absolute Gasteiger partial charge is 0.330 e. The summed E-state index contributed by atoms with van der Waals surface area (Å²) >= 11 is 15.9. The lowest BCUT2D eigenvalue weighted by Crippen LogP contribution is -2.38. The van der Waals surface area contributed by atoms with E-state index in [9.17, 15) is 19.8 Å². The third kappa shape index (κ3) is 3.98. The fourth-order valence-corrected chi connectivity index (χ4v) is 2.87. The molecule has 0 saturated carbocycles. The zero-order valence-corrected chi connectivity index (χ0v) is 14.4. The Morgan fingerprint density at radius 2 is 2.09 bits per heavy atom. The van der Waals surface area contributed by atoms with Crippen molar-refractivity contribution in [3.8, 4) is 0 Å². The van der Waals surface area contributed by atoms with Gasteiger partial charge in [-0.2, -0.15) is 0 Å². The number of nitrogens with one attached hydrogen (secondary N) is 1. The zero-order valence-electron chi connectivity index (χ0n) is 11.2. The van der Waals surface area contributed by atoms with Crippen LogP contribution in [0.25, 0.3) is 0 Å². The molecule has 22 heavy (non-hydrogen) atoms. The maximum Gasteiger partial charge on any atom is 0.330 e. The maximum absolute atomic E-state index is 11.8. The van der Waals surface area contributed by atoms with Gasteiger partial charge in [0.2, 0.25) is 4.97 Å². The van der Waals surface area contributed by atoms with E-state index in [1.54, 1.807) is 0 Å². The molecule has 0 aromatic carbocycles. The highest BCUT2D eigenvalue weighted by molar-refractivity contribution is 8.36. The monoisotopic (exact) mass is 390 g/mol. The summed E-state index contributed by atoms with van der Waals surface area (Å²) in [5.41, 5.74) is -1.06. The van der Waals surface area contributed by atoms with Crippen LogP contribution < -0.4 is 11.2 Å². The molecule has 1 aromatic rings. The number of aromatic amines is 1. The van der Waals surface area contributed by atoms with Crippen LogP contribution in [0.4, 0.5) is 0 Å². The van der Waals surface area contributed by atoms with Crippen molar-refractivity contribution < 1.29 is 19.5 Å². The number of halogens is 2. The second kappa shape index (κ2) is 6.70. The minimum Gasteiger partial charge on any atom is -0.387 e. The Morgan fingerprint density at radius 1 is 1.45 bits per heavy atom. The van der Waals surface area contributed by atoms with Crippen molar-refractivity contribution in [1.82, 2.24) is 9.55 Å². The zero-order chi connectivity index (χ0) is 16.7. The number of aromatic nitrogens is 2. The van der Waals surface area contributed by atoms with Gasteiger partial charge in [0.15, 0.2) is 6.23 Å². The van der Waals surface area contributed by atoms with Crippen LogP contribution in [-0.4, -0.2) is 44.7 Å². The van der Waals surface area contributed by atoms with Gasteiger partial charge in [0, 0.05) is 11.8 Å². The van der Waals surface area contributed by atoms with E-state index in [-0.39, 0.29) is 12.2 Å². The molecule has 1 unspecified atom stereocenters. The molecule has 124 valence electrons. The van der Waals surface area contributed by atoms with Crippen LogP contribution in [0.2, 0.25) is 0 Å². The number of ether oxygens (including phenoxy) is 1. The van der Waals surface area contributed by atoms with Crippen LogP contribution in [0.3, 0.4) is 0 Å². The highest BCUT2D eigenvalue weighted by Gasteiger charge is 2.44. The normalized spacial score (nSPS) is 29.0. The average molecular weight is 391 g/mol.